The Balaban J connectivity index is 1.44. The van der Waals surface area contributed by atoms with Gasteiger partial charge in [0, 0.05) is 35.3 Å². The van der Waals surface area contributed by atoms with Crippen molar-refractivity contribution >= 4 is 33.7 Å². The number of fused-ring (bicyclic) bond motifs is 4. The number of nitrogens with one attached hydrogen (secondary N) is 3. The summed E-state index contributed by atoms with van der Waals surface area (Å²) in [5.41, 5.74) is 5.23. The fourth-order valence-corrected chi connectivity index (χ4v) is 4.30. The zero-order valence-corrected chi connectivity index (χ0v) is 16.0. The standard InChI is InChI=1S/C22H17N7O/c30-19(13-4-2-1-3-5-13)17-9-24-21-18(17)22(26-12-25-21)29-7-6-15-14(11-29)8-23-20-16(15)10-27-28-20/h1-5,8-10,12H,6-7,11H2,(H,23,27,28)(H,24,25,26)/p+1. The number of nitrogens with zero attached hydrogens (tertiary/aromatic N) is 4. The smallest absolute Gasteiger partial charge is 0.234 e. The van der Waals surface area contributed by atoms with Crippen LogP contribution in [0.15, 0.2) is 55.2 Å². The number of rotatable bonds is 3. The molecule has 1 aromatic carbocycles. The van der Waals surface area contributed by atoms with E-state index in [9.17, 15) is 4.79 Å². The van der Waals surface area contributed by atoms with Crippen molar-refractivity contribution < 1.29 is 9.78 Å². The molecule has 0 bridgehead atoms. The number of anilines is 1. The van der Waals surface area contributed by atoms with Crippen LogP contribution in [0.3, 0.4) is 0 Å². The van der Waals surface area contributed by atoms with Gasteiger partial charge >= 0.3 is 0 Å². The molecule has 146 valence electrons. The van der Waals surface area contributed by atoms with Crippen LogP contribution in [0.25, 0.3) is 22.1 Å². The number of hydrogen-bond acceptors (Lipinski definition) is 5. The Morgan fingerprint density at radius 3 is 2.90 bits per heavy atom. The van der Waals surface area contributed by atoms with Gasteiger partial charge < -0.3 is 4.98 Å². The highest BCUT2D eigenvalue weighted by Crippen LogP contribution is 2.31. The fourth-order valence-electron chi connectivity index (χ4n) is 4.30. The Labute approximate surface area is 171 Å². The van der Waals surface area contributed by atoms with Gasteiger partial charge in [0.1, 0.15) is 5.39 Å². The Kier molecular flexibility index (Phi) is 3.64. The van der Waals surface area contributed by atoms with Gasteiger partial charge in [-0.15, -0.1) is 0 Å². The second kappa shape index (κ2) is 6.48. The third kappa shape index (κ3) is 2.50. The molecule has 0 spiro atoms. The van der Waals surface area contributed by atoms with E-state index >= 15 is 0 Å². The number of carbonyl (C=O) groups excluding carboxylic acids is 1. The number of aromatic amines is 3. The molecule has 0 fully saturated rings. The Morgan fingerprint density at radius 1 is 1.10 bits per heavy atom. The van der Waals surface area contributed by atoms with Crippen molar-refractivity contribution in [3.63, 3.8) is 0 Å². The van der Waals surface area contributed by atoms with E-state index < -0.39 is 0 Å². The molecule has 0 saturated heterocycles. The molecule has 6 rings (SSSR count). The predicted molar refractivity (Wildman–Crippen MR) is 111 cm³/mol. The van der Waals surface area contributed by atoms with Crippen LogP contribution in [0.4, 0.5) is 5.82 Å². The highest BCUT2D eigenvalue weighted by molar-refractivity contribution is 6.17. The van der Waals surface area contributed by atoms with E-state index in [1.165, 1.54) is 11.1 Å². The number of carbonyl (C=O) groups is 1. The molecule has 0 radical (unpaired) electrons. The van der Waals surface area contributed by atoms with Crippen LogP contribution in [-0.2, 0) is 13.0 Å². The van der Waals surface area contributed by atoms with Crippen molar-refractivity contribution in [2.75, 3.05) is 11.4 Å². The van der Waals surface area contributed by atoms with Crippen molar-refractivity contribution in [3.8, 4) is 0 Å². The second-order valence-corrected chi connectivity index (χ2v) is 7.44. The fraction of sp³-hybridized carbons (Fsp3) is 0.136. The minimum absolute atomic E-state index is 0.0244. The molecule has 3 N–H and O–H groups in total. The van der Waals surface area contributed by atoms with Crippen LogP contribution in [0.1, 0.15) is 27.0 Å². The lowest BCUT2D eigenvalue weighted by atomic mass is 9.98. The molecule has 0 unspecified atom stereocenters. The average Bonchev–Trinajstić information content (AvgIpc) is 3.46. The molecular formula is C22H18N7O+. The number of H-pyrrole nitrogens is 3. The highest BCUT2D eigenvalue weighted by Gasteiger charge is 2.29. The first kappa shape index (κ1) is 16.8. The molecule has 0 aliphatic carbocycles. The van der Waals surface area contributed by atoms with E-state index in [2.05, 4.69) is 35.0 Å². The summed E-state index contributed by atoms with van der Waals surface area (Å²) < 4.78 is 0. The molecule has 0 saturated carbocycles. The summed E-state index contributed by atoms with van der Waals surface area (Å²) in [5, 5.41) is 8.95. The minimum atomic E-state index is -0.0244. The van der Waals surface area contributed by atoms with Crippen LogP contribution >= 0.6 is 0 Å². The molecule has 1 aliphatic heterocycles. The number of ketones is 1. The van der Waals surface area contributed by atoms with Crippen LogP contribution < -0.4 is 9.88 Å². The monoisotopic (exact) mass is 396 g/mol. The van der Waals surface area contributed by atoms with Gasteiger partial charge in [0.05, 0.1) is 24.8 Å². The number of aromatic nitrogens is 6. The Morgan fingerprint density at radius 2 is 2.00 bits per heavy atom. The van der Waals surface area contributed by atoms with Gasteiger partial charge in [-0.05, 0) is 5.56 Å². The SMILES string of the molecule is O=C(c1ccccc1)c1c[nH]c2nc[nH+]c(N3CCc4c(cnc5[nH]ncc45)C3)c12. The van der Waals surface area contributed by atoms with Crippen molar-refractivity contribution in [1.82, 2.24) is 25.1 Å². The molecule has 8 nitrogen and oxygen atoms in total. The van der Waals surface area contributed by atoms with E-state index in [0.29, 0.717) is 23.3 Å². The van der Waals surface area contributed by atoms with Gasteiger partial charge in [0.15, 0.2) is 11.4 Å². The maximum absolute atomic E-state index is 13.2. The average molecular weight is 396 g/mol. The van der Waals surface area contributed by atoms with E-state index in [4.69, 9.17) is 0 Å². The first-order valence-corrected chi connectivity index (χ1v) is 9.82. The maximum Gasteiger partial charge on any atom is 0.234 e. The summed E-state index contributed by atoms with van der Waals surface area (Å²) in [6.07, 6.45) is 8.04. The first-order chi connectivity index (χ1) is 14.8. The lowest BCUT2D eigenvalue weighted by molar-refractivity contribution is -0.367. The Bertz CT molecular complexity index is 1400. The highest BCUT2D eigenvalue weighted by atomic mass is 16.1. The lowest BCUT2D eigenvalue weighted by Gasteiger charge is -2.26. The number of benzene rings is 1. The maximum atomic E-state index is 13.2. The van der Waals surface area contributed by atoms with Crippen molar-refractivity contribution in [2.45, 2.75) is 13.0 Å². The van der Waals surface area contributed by atoms with Gasteiger partial charge in [0.2, 0.25) is 17.8 Å². The topological polar surface area (TPSA) is 105 Å². The van der Waals surface area contributed by atoms with Crippen molar-refractivity contribution in [2.24, 2.45) is 0 Å². The Hall–Kier alpha value is -4.07. The van der Waals surface area contributed by atoms with Crippen LogP contribution in [0.5, 0.6) is 0 Å². The summed E-state index contributed by atoms with van der Waals surface area (Å²) >= 11 is 0. The molecule has 30 heavy (non-hydrogen) atoms. The largest absolute Gasteiger partial charge is 0.332 e. The van der Waals surface area contributed by atoms with Gasteiger partial charge in [-0.1, -0.05) is 35.3 Å². The van der Waals surface area contributed by atoms with Gasteiger partial charge in [0.25, 0.3) is 0 Å². The summed E-state index contributed by atoms with van der Waals surface area (Å²) in [5.74, 6) is 0.863. The third-order valence-electron chi connectivity index (χ3n) is 5.76. The second-order valence-electron chi connectivity index (χ2n) is 7.44. The van der Waals surface area contributed by atoms with Crippen molar-refractivity contribution in [3.05, 3.63) is 77.5 Å². The summed E-state index contributed by atoms with van der Waals surface area (Å²) in [7, 11) is 0. The zero-order valence-electron chi connectivity index (χ0n) is 16.0. The minimum Gasteiger partial charge on any atom is -0.332 e. The molecule has 0 atom stereocenters. The van der Waals surface area contributed by atoms with Crippen molar-refractivity contribution in [1.29, 1.82) is 0 Å². The van der Waals surface area contributed by atoms with E-state index in [1.807, 2.05) is 42.7 Å². The predicted octanol–water partition coefficient (Wildman–Crippen LogP) is 2.44. The summed E-state index contributed by atoms with van der Waals surface area (Å²) in [4.78, 5) is 30.7. The van der Waals surface area contributed by atoms with E-state index in [-0.39, 0.29) is 5.78 Å². The third-order valence-corrected chi connectivity index (χ3v) is 5.76. The number of hydrogen-bond donors (Lipinski definition) is 2. The molecule has 1 aliphatic rings. The molecule has 5 heterocycles. The van der Waals surface area contributed by atoms with Crippen LogP contribution in [-0.4, -0.2) is 37.5 Å². The van der Waals surface area contributed by atoms with Gasteiger partial charge in [-0.3, -0.25) is 14.8 Å². The quantitative estimate of drug-likeness (QED) is 0.456. The first-order valence-electron chi connectivity index (χ1n) is 9.82. The molecule has 8 heteroatoms. The summed E-state index contributed by atoms with van der Waals surface area (Å²) in [6, 6.07) is 9.32. The lowest BCUT2D eigenvalue weighted by Crippen LogP contribution is -2.35. The molecule has 4 aromatic heterocycles. The van der Waals surface area contributed by atoms with E-state index in [1.54, 1.807) is 12.5 Å². The summed E-state index contributed by atoms with van der Waals surface area (Å²) in [6.45, 7) is 1.51. The molecular weight excluding hydrogens is 378 g/mol. The van der Waals surface area contributed by atoms with Gasteiger partial charge in [-0.25, -0.2) is 9.97 Å². The van der Waals surface area contributed by atoms with Crippen LogP contribution in [0.2, 0.25) is 0 Å². The van der Waals surface area contributed by atoms with Gasteiger partial charge in [-0.2, -0.15) is 5.10 Å². The normalized spacial score (nSPS) is 13.7. The van der Waals surface area contributed by atoms with Crippen LogP contribution in [0, 0.1) is 0 Å². The number of pyridine rings is 1. The van der Waals surface area contributed by atoms with E-state index in [0.717, 1.165) is 35.2 Å². The molecule has 0 amide bonds. The zero-order chi connectivity index (χ0) is 20.1. The molecule has 5 aromatic rings.